The summed E-state index contributed by atoms with van der Waals surface area (Å²) in [5.74, 6) is 1.13. The molecule has 0 aromatic heterocycles. The molecule has 1 saturated heterocycles. The summed E-state index contributed by atoms with van der Waals surface area (Å²) in [6.07, 6.45) is 3.44. The molecule has 2 aliphatic rings. The Kier molecular flexibility index (Phi) is 4.87. The number of halogens is 1. The van der Waals surface area contributed by atoms with E-state index in [2.05, 4.69) is 52.1 Å². The first-order valence-electron chi connectivity index (χ1n) is 8.09. The van der Waals surface area contributed by atoms with E-state index >= 15 is 0 Å². The number of hydrogen-bond donors (Lipinski definition) is 1. The maximum Gasteiger partial charge on any atom is 0.127 e. The standard InChI is InChI=1S/C17H25BrN2O/c1-3-16-11-20(12(2)4-6-19-16)10-14-9-15(18)8-13-5-7-21-17(13)14/h8-9,12,16,19H,3-7,10-11H2,1-2H3. The normalized spacial score (nSPS) is 26.2. The minimum Gasteiger partial charge on any atom is -0.493 e. The van der Waals surface area contributed by atoms with Crippen LogP contribution in [0.2, 0.25) is 0 Å². The van der Waals surface area contributed by atoms with Crippen LogP contribution in [0.1, 0.15) is 37.8 Å². The van der Waals surface area contributed by atoms with Gasteiger partial charge >= 0.3 is 0 Å². The van der Waals surface area contributed by atoms with Gasteiger partial charge in [-0.2, -0.15) is 0 Å². The second-order valence-corrected chi connectivity index (χ2v) is 7.19. The van der Waals surface area contributed by atoms with E-state index < -0.39 is 0 Å². The number of ether oxygens (including phenoxy) is 1. The highest BCUT2D eigenvalue weighted by atomic mass is 79.9. The summed E-state index contributed by atoms with van der Waals surface area (Å²) >= 11 is 3.65. The zero-order valence-electron chi connectivity index (χ0n) is 13.0. The zero-order chi connectivity index (χ0) is 14.8. The predicted octanol–water partition coefficient (Wildman–Crippen LogP) is 3.35. The maximum atomic E-state index is 5.88. The number of hydrogen-bond acceptors (Lipinski definition) is 3. The number of rotatable bonds is 3. The highest BCUT2D eigenvalue weighted by molar-refractivity contribution is 9.10. The Morgan fingerprint density at radius 1 is 1.43 bits per heavy atom. The molecule has 1 aromatic carbocycles. The Hall–Kier alpha value is -0.580. The minimum absolute atomic E-state index is 0.607. The van der Waals surface area contributed by atoms with Crippen molar-refractivity contribution >= 4 is 15.9 Å². The Morgan fingerprint density at radius 3 is 3.10 bits per heavy atom. The van der Waals surface area contributed by atoms with Gasteiger partial charge in [-0.3, -0.25) is 4.90 Å². The number of fused-ring (bicyclic) bond motifs is 1. The largest absolute Gasteiger partial charge is 0.493 e. The first kappa shape index (κ1) is 15.3. The van der Waals surface area contributed by atoms with Gasteiger partial charge in [0, 0.05) is 41.6 Å². The summed E-state index contributed by atoms with van der Waals surface area (Å²) in [5, 5.41) is 3.66. The van der Waals surface area contributed by atoms with Crippen molar-refractivity contribution in [1.82, 2.24) is 10.2 Å². The molecule has 0 spiro atoms. The van der Waals surface area contributed by atoms with Crippen LogP contribution in [0.25, 0.3) is 0 Å². The SMILES string of the molecule is CCC1CN(Cc2cc(Br)cc3c2OCC3)C(C)CCN1. The number of nitrogens with one attached hydrogen (secondary N) is 1. The molecule has 0 radical (unpaired) electrons. The van der Waals surface area contributed by atoms with Crippen molar-refractivity contribution in [2.45, 2.75) is 51.7 Å². The summed E-state index contributed by atoms with van der Waals surface area (Å²) in [6, 6.07) is 5.66. The summed E-state index contributed by atoms with van der Waals surface area (Å²) < 4.78 is 7.06. The predicted molar refractivity (Wildman–Crippen MR) is 89.9 cm³/mol. The van der Waals surface area contributed by atoms with Crippen LogP contribution < -0.4 is 10.1 Å². The molecule has 1 aromatic rings. The minimum atomic E-state index is 0.607. The molecule has 4 heteroatoms. The second-order valence-electron chi connectivity index (χ2n) is 6.28. The molecule has 2 unspecified atom stereocenters. The van der Waals surface area contributed by atoms with Gasteiger partial charge in [-0.1, -0.05) is 22.9 Å². The Balaban J connectivity index is 1.81. The van der Waals surface area contributed by atoms with Crippen LogP contribution in [0, 0.1) is 0 Å². The van der Waals surface area contributed by atoms with Gasteiger partial charge in [-0.15, -0.1) is 0 Å². The highest BCUT2D eigenvalue weighted by Crippen LogP contribution is 2.34. The van der Waals surface area contributed by atoms with E-state index in [9.17, 15) is 0 Å². The molecule has 3 nitrogen and oxygen atoms in total. The quantitative estimate of drug-likeness (QED) is 0.902. The number of nitrogens with zero attached hydrogens (tertiary/aromatic N) is 1. The smallest absolute Gasteiger partial charge is 0.127 e. The van der Waals surface area contributed by atoms with Crippen molar-refractivity contribution in [3.05, 3.63) is 27.7 Å². The first-order valence-corrected chi connectivity index (χ1v) is 8.88. The van der Waals surface area contributed by atoms with E-state index in [0.29, 0.717) is 12.1 Å². The fraction of sp³-hybridized carbons (Fsp3) is 0.647. The van der Waals surface area contributed by atoms with Gasteiger partial charge in [0.2, 0.25) is 0 Å². The van der Waals surface area contributed by atoms with E-state index in [0.717, 1.165) is 38.4 Å². The number of benzene rings is 1. The lowest BCUT2D eigenvalue weighted by Crippen LogP contribution is -2.39. The van der Waals surface area contributed by atoms with Gasteiger partial charge in [0.15, 0.2) is 0 Å². The zero-order valence-corrected chi connectivity index (χ0v) is 14.6. The molecule has 1 fully saturated rings. The Labute approximate surface area is 136 Å². The molecule has 0 amide bonds. The van der Waals surface area contributed by atoms with Crippen LogP contribution in [0.4, 0.5) is 0 Å². The maximum absolute atomic E-state index is 5.88. The van der Waals surface area contributed by atoms with E-state index in [-0.39, 0.29) is 0 Å². The molecule has 21 heavy (non-hydrogen) atoms. The summed E-state index contributed by atoms with van der Waals surface area (Å²) in [7, 11) is 0. The Morgan fingerprint density at radius 2 is 2.29 bits per heavy atom. The topological polar surface area (TPSA) is 24.5 Å². The first-order chi connectivity index (χ1) is 10.2. The molecule has 0 aliphatic carbocycles. The van der Waals surface area contributed by atoms with Gasteiger partial charge in [0.05, 0.1) is 6.61 Å². The Bertz CT molecular complexity index is 506. The monoisotopic (exact) mass is 352 g/mol. The van der Waals surface area contributed by atoms with Crippen LogP contribution in [0.15, 0.2) is 16.6 Å². The molecule has 0 bridgehead atoms. The van der Waals surface area contributed by atoms with Crippen LogP contribution >= 0.6 is 15.9 Å². The van der Waals surface area contributed by atoms with Crippen LogP contribution in [-0.2, 0) is 13.0 Å². The second kappa shape index (κ2) is 6.67. The van der Waals surface area contributed by atoms with Gasteiger partial charge in [-0.25, -0.2) is 0 Å². The molecular formula is C17H25BrN2O. The van der Waals surface area contributed by atoms with Crippen LogP contribution in [-0.4, -0.2) is 36.7 Å². The van der Waals surface area contributed by atoms with Gasteiger partial charge < -0.3 is 10.1 Å². The van der Waals surface area contributed by atoms with Crippen molar-refractivity contribution in [2.24, 2.45) is 0 Å². The molecule has 2 atom stereocenters. The van der Waals surface area contributed by atoms with E-state index in [1.54, 1.807) is 0 Å². The highest BCUT2D eigenvalue weighted by Gasteiger charge is 2.25. The molecule has 116 valence electrons. The molecule has 2 aliphatic heterocycles. The van der Waals surface area contributed by atoms with Gasteiger partial charge in [-0.05, 0) is 44.0 Å². The van der Waals surface area contributed by atoms with E-state index in [1.807, 2.05) is 0 Å². The van der Waals surface area contributed by atoms with Crippen molar-refractivity contribution in [3.8, 4) is 5.75 Å². The third-order valence-electron chi connectivity index (χ3n) is 4.76. The van der Waals surface area contributed by atoms with Crippen LogP contribution in [0.5, 0.6) is 5.75 Å². The summed E-state index contributed by atoms with van der Waals surface area (Å²) in [4.78, 5) is 2.61. The third kappa shape index (κ3) is 3.43. The van der Waals surface area contributed by atoms with E-state index in [1.165, 1.54) is 28.4 Å². The van der Waals surface area contributed by atoms with Crippen LogP contribution in [0.3, 0.4) is 0 Å². The molecular weight excluding hydrogens is 328 g/mol. The lowest BCUT2D eigenvalue weighted by atomic mass is 10.1. The van der Waals surface area contributed by atoms with Gasteiger partial charge in [0.25, 0.3) is 0 Å². The molecule has 3 rings (SSSR count). The fourth-order valence-electron chi connectivity index (χ4n) is 3.38. The summed E-state index contributed by atoms with van der Waals surface area (Å²) in [6.45, 7) is 8.68. The van der Waals surface area contributed by atoms with Crippen molar-refractivity contribution < 1.29 is 4.74 Å². The molecule has 2 heterocycles. The average Bonchev–Trinajstić information content (AvgIpc) is 2.85. The lowest BCUT2D eigenvalue weighted by molar-refractivity contribution is 0.192. The lowest BCUT2D eigenvalue weighted by Gasteiger charge is -2.29. The van der Waals surface area contributed by atoms with E-state index in [4.69, 9.17) is 4.74 Å². The van der Waals surface area contributed by atoms with Crippen molar-refractivity contribution in [2.75, 3.05) is 19.7 Å². The average molecular weight is 353 g/mol. The van der Waals surface area contributed by atoms with Gasteiger partial charge in [0.1, 0.15) is 5.75 Å². The summed E-state index contributed by atoms with van der Waals surface area (Å²) in [5.41, 5.74) is 2.69. The fourth-order valence-corrected chi connectivity index (χ4v) is 3.94. The molecule has 0 saturated carbocycles. The third-order valence-corrected chi connectivity index (χ3v) is 5.22. The van der Waals surface area contributed by atoms with Crippen molar-refractivity contribution in [1.29, 1.82) is 0 Å². The van der Waals surface area contributed by atoms with Crippen molar-refractivity contribution in [3.63, 3.8) is 0 Å². The molecule has 1 N–H and O–H groups in total.